The third kappa shape index (κ3) is 2.34. The molecule has 1 nitrogen and oxygen atoms in total. The van der Waals surface area contributed by atoms with Crippen molar-refractivity contribution in [3.05, 3.63) is 12.7 Å². The van der Waals surface area contributed by atoms with Gasteiger partial charge < -0.3 is 5.32 Å². The second-order valence-electron chi connectivity index (χ2n) is 6.33. The van der Waals surface area contributed by atoms with Crippen molar-refractivity contribution in [2.75, 3.05) is 6.54 Å². The SMILES string of the molecule is C=CCCC(NCC1(C2CC2)CC1)C1CC1. The predicted octanol–water partition coefficient (Wildman–Crippen LogP) is 3.51. The molecule has 3 rings (SSSR count). The normalized spacial score (nSPS) is 28.8. The molecule has 16 heavy (non-hydrogen) atoms. The molecule has 0 spiro atoms. The molecule has 0 bridgehead atoms. The molecule has 1 heteroatoms. The molecule has 0 amide bonds. The largest absolute Gasteiger partial charge is 0.313 e. The molecule has 1 unspecified atom stereocenters. The molecule has 3 saturated carbocycles. The fourth-order valence-electron chi connectivity index (χ4n) is 3.22. The van der Waals surface area contributed by atoms with Gasteiger partial charge in [0.2, 0.25) is 0 Å². The summed E-state index contributed by atoms with van der Waals surface area (Å²) in [4.78, 5) is 0. The van der Waals surface area contributed by atoms with Gasteiger partial charge in [-0.1, -0.05) is 6.08 Å². The van der Waals surface area contributed by atoms with Crippen molar-refractivity contribution >= 4 is 0 Å². The van der Waals surface area contributed by atoms with Gasteiger partial charge in [0.1, 0.15) is 0 Å². The van der Waals surface area contributed by atoms with Crippen LogP contribution in [0.2, 0.25) is 0 Å². The Kier molecular flexibility index (Phi) is 2.83. The van der Waals surface area contributed by atoms with Crippen LogP contribution in [0.25, 0.3) is 0 Å². The first-order chi connectivity index (χ1) is 7.84. The first-order valence-corrected chi connectivity index (χ1v) is 7.18. The van der Waals surface area contributed by atoms with Crippen LogP contribution in [-0.2, 0) is 0 Å². The number of hydrogen-bond acceptors (Lipinski definition) is 1. The number of nitrogens with one attached hydrogen (secondary N) is 1. The Hall–Kier alpha value is -0.300. The molecule has 0 aromatic rings. The van der Waals surface area contributed by atoms with Crippen LogP contribution in [0.4, 0.5) is 0 Å². The van der Waals surface area contributed by atoms with Gasteiger partial charge in [-0.3, -0.25) is 0 Å². The Bertz CT molecular complexity index is 259. The lowest BCUT2D eigenvalue weighted by atomic mass is 9.98. The van der Waals surface area contributed by atoms with E-state index in [4.69, 9.17) is 0 Å². The minimum Gasteiger partial charge on any atom is -0.313 e. The second-order valence-corrected chi connectivity index (χ2v) is 6.33. The summed E-state index contributed by atoms with van der Waals surface area (Å²) in [5, 5.41) is 3.89. The van der Waals surface area contributed by atoms with Gasteiger partial charge in [0, 0.05) is 12.6 Å². The molecule has 0 aromatic heterocycles. The lowest BCUT2D eigenvalue weighted by Gasteiger charge is -2.22. The van der Waals surface area contributed by atoms with Crippen LogP contribution in [-0.4, -0.2) is 12.6 Å². The molecule has 3 aliphatic carbocycles. The third-order valence-corrected chi connectivity index (χ3v) is 4.92. The van der Waals surface area contributed by atoms with Crippen LogP contribution < -0.4 is 5.32 Å². The van der Waals surface area contributed by atoms with Gasteiger partial charge >= 0.3 is 0 Å². The molecule has 0 aromatic carbocycles. The highest BCUT2D eigenvalue weighted by atomic mass is 15.0. The zero-order valence-corrected chi connectivity index (χ0v) is 10.4. The van der Waals surface area contributed by atoms with Crippen molar-refractivity contribution in [2.45, 2.75) is 57.4 Å². The van der Waals surface area contributed by atoms with E-state index in [2.05, 4.69) is 18.0 Å². The maximum absolute atomic E-state index is 3.89. The van der Waals surface area contributed by atoms with Crippen molar-refractivity contribution in [2.24, 2.45) is 17.3 Å². The molecule has 0 radical (unpaired) electrons. The van der Waals surface area contributed by atoms with Gasteiger partial charge in [-0.15, -0.1) is 6.58 Å². The highest BCUT2D eigenvalue weighted by Crippen LogP contribution is 2.61. The summed E-state index contributed by atoms with van der Waals surface area (Å²) in [6, 6.07) is 0.800. The summed E-state index contributed by atoms with van der Waals surface area (Å²) in [5.74, 6) is 2.09. The molecular formula is C15H25N. The molecule has 3 fully saturated rings. The Labute approximate surface area is 99.7 Å². The fourth-order valence-corrected chi connectivity index (χ4v) is 3.22. The standard InChI is InChI=1S/C15H25N/c1-2-3-4-14(12-5-6-12)16-11-15(9-10-15)13-7-8-13/h2,12-14,16H,1,3-11H2. The van der Waals surface area contributed by atoms with Gasteiger partial charge in [-0.05, 0) is 68.6 Å². The molecule has 0 aliphatic heterocycles. The Morgan fingerprint density at radius 2 is 2.00 bits per heavy atom. The van der Waals surface area contributed by atoms with Crippen LogP contribution in [0.5, 0.6) is 0 Å². The zero-order chi connectivity index (χ0) is 11.0. The number of hydrogen-bond donors (Lipinski definition) is 1. The lowest BCUT2D eigenvalue weighted by molar-refractivity contribution is 0.345. The first kappa shape index (κ1) is 10.8. The van der Waals surface area contributed by atoms with E-state index in [0.29, 0.717) is 0 Å². The highest BCUT2D eigenvalue weighted by Gasteiger charge is 2.53. The van der Waals surface area contributed by atoms with E-state index in [1.807, 2.05) is 0 Å². The van der Waals surface area contributed by atoms with Crippen molar-refractivity contribution in [3.63, 3.8) is 0 Å². The van der Waals surface area contributed by atoms with E-state index < -0.39 is 0 Å². The monoisotopic (exact) mass is 219 g/mol. The summed E-state index contributed by atoms with van der Waals surface area (Å²) in [7, 11) is 0. The van der Waals surface area contributed by atoms with Gasteiger partial charge in [0.15, 0.2) is 0 Å². The van der Waals surface area contributed by atoms with E-state index >= 15 is 0 Å². The summed E-state index contributed by atoms with van der Waals surface area (Å²) >= 11 is 0. The molecule has 0 heterocycles. The van der Waals surface area contributed by atoms with Crippen LogP contribution in [0.3, 0.4) is 0 Å². The zero-order valence-electron chi connectivity index (χ0n) is 10.4. The lowest BCUT2D eigenvalue weighted by Crippen LogP contribution is -2.36. The van der Waals surface area contributed by atoms with Crippen molar-refractivity contribution in [1.29, 1.82) is 0 Å². The van der Waals surface area contributed by atoms with Gasteiger partial charge in [-0.25, -0.2) is 0 Å². The number of allylic oxidation sites excluding steroid dienone is 1. The Morgan fingerprint density at radius 3 is 2.50 bits per heavy atom. The summed E-state index contributed by atoms with van der Waals surface area (Å²) < 4.78 is 0. The average molecular weight is 219 g/mol. The first-order valence-electron chi connectivity index (χ1n) is 7.18. The van der Waals surface area contributed by atoms with Crippen LogP contribution in [0, 0.1) is 17.3 Å². The van der Waals surface area contributed by atoms with Crippen LogP contribution in [0.1, 0.15) is 51.4 Å². The maximum Gasteiger partial charge on any atom is 0.00985 e. The van der Waals surface area contributed by atoms with Crippen molar-refractivity contribution in [1.82, 2.24) is 5.32 Å². The van der Waals surface area contributed by atoms with Crippen LogP contribution in [0.15, 0.2) is 12.7 Å². The summed E-state index contributed by atoms with van der Waals surface area (Å²) in [6.07, 6.45) is 13.5. The molecule has 90 valence electrons. The van der Waals surface area contributed by atoms with E-state index in [0.717, 1.165) is 23.3 Å². The smallest absolute Gasteiger partial charge is 0.00985 e. The molecule has 1 atom stereocenters. The van der Waals surface area contributed by atoms with Crippen molar-refractivity contribution < 1.29 is 0 Å². The quantitative estimate of drug-likeness (QED) is 0.616. The minimum atomic E-state index is 0.765. The third-order valence-electron chi connectivity index (χ3n) is 4.92. The highest BCUT2D eigenvalue weighted by molar-refractivity contribution is 5.05. The molecule has 1 N–H and O–H groups in total. The average Bonchev–Trinajstić information content (AvgIpc) is 3.15. The van der Waals surface area contributed by atoms with Gasteiger partial charge in [-0.2, -0.15) is 0 Å². The fraction of sp³-hybridized carbons (Fsp3) is 0.867. The molecule has 3 aliphatic rings. The Balaban J connectivity index is 1.45. The van der Waals surface area contributed by atoms with Gasteiger partial charge in [0.25, 0.3) is 0 Å². The van der Waals surface area contributed by atoms with Gasteiger partial charge in [0.05, 0.1) is 0 Å². The minimum absolute atomic E-state index is 0.765. The van der Waals surface area contributed by atoms with E-state index in [9.17, 15) is 0 Å². The molecule has 0 saturated heterocycles. The van der Waals surface area contributed by atoms with E-state index in [1.165, 1.54) is 57.9 Å². The predicted molar refractivity (Wildman–Crippen MR) is 68.3 cm³/mol. The molecular weight excluding hydrogens is 194 g/mol. The Morgan fingerprint density at radius 1 is 1.25 bits per heavy atom. The van der Waals surface area contributed by atoms with E-state index in [1.54, 1.807) is 0 Å². The summed E-state index contributed by atoms with van der Waals surface area (Å²) in [6.45, 7) is 5.16. The second kappa shape index (κ2) is 4.18. The van der Waals surface area contributed by atoms with E-state index in [-0.39, 0.29) is 0 Å². The van der Waals surface area contributed by atoms with Crippen molar-refractivity contribution in [3.8, 4) is 0 Å². The summed E-state index contributed by atoms with van der Waals surface area (Å²) in [5.41, 5.74) is 0.765. The van der Waals surface area contributed by atoms with Crippen LogP contribution >= 0.6 is 0 Å². The number of rotatable bonds is 8. The maximum atomic E-state index is 3.89. The topological polar surface area (TPSA) is 12.0 Å².